The Morgan fingerprint density at radius 3 is 2.32 bits per heavy atom. The van der Waals surface area contributed by atoms with Crippen LogP contribution in [0, 0.1) is 12.7 Å². The van der Waals surface area contributed by atoms with E-state index in [0.717, 1.165) is 11.0 Å². The number of carbonyl (C=O) groups is 4. The van der Waals surface area contributed by atoms with E-state index in [0.29, 0.717) is 25.1 Å². The number of nitrogens with zero attached hydrogens (tertiary/aromatic N) is 2. The molecule has 1 aromatic heterocycles. The number of hydrogen-bond donors (Lipinski definition) is 2. The summed E-state index contributed by atoms with van der Waals surface area (Å²) < 4.78 is 66.7. The zero-order valence-electron chi connectivity index (χ0n) is 21.9. The number of anilines is 1. The highest BCUT2D eigenvalue weighted by atomic mass is 35.5. The summed E-state index contributed by atoms with van der Waals surface area (Å²) in [5, 5.41) is 4.64. The predicted octanol–water partition coefficient (Wildman–Crippen LogP) is 2.51. The van der Waals surface area contributed by atoms with Crippen LogP contribution < -0.4 is 10.6 Å². The maximum Gasteiger partial charge on any atom is 0.293 e. The Kier molecular flexibility index (Phi) is 7.21. The molecule has 1 aliphatic carbocycles. The van der Waals surface area contributed by atoms with E-state index in [9.17, 15) is 40.8 Å². The van der Waals surface area contributed by atoms with Gasteiger partial charge in [-0.25, -0.2) is 21.6 Å². The second kappa shape index (κ2) is 10.2. The van der Waals surface area contributed by atoms with Crippen molar-refractivity contribution < 1.29 is 40.8 Å². The fraction of sp³-hybridized carbons (Fsp3) is 0.462. The van der Waals surface area contributed by atoms with Crippen LogP contribution in [0.1, 0.15) is 51.4 Å². The van der Waals surface area contributed by atoms with E-state index in [2.05, 4.69) is 10.6 Å². The van der Waals surface area contributed by atoms with Crippen molar-refractivity contribution in [1.29, 1.82) is 0 Å². The summed E-state index contributed by atoms with van der Waals surface area (Å²) in [7, 11) is -3.36. The SMILES string of the molecule is Cc1c(C(=O)C(=O)NC2(C(=O)N3CCS(=O)(=O)CC3)CC(F)(F)C2)c2n(c1C(=O)Nc1ccc(F)c(Cl)c1)CCC2. The number of sulfone groups is 1. The van der Waals surface area contributed by atoms with Crippen LogP contribution in [0.4, 0.5) is 18.9 Å². The maximum absolute atomic E-state index is 14.0. The average Bonchev–Trinajstić information content (AvgIpc) is 3.43. The van der Waals surface area contributed by atoms with Crippen molar-refractivity contribution in [2.24, 2.45) is 0 Å². The lowest BCUT2D eigenvalue weighted by Gasteiger charge is -2.48. The Labute approximate surface area is 238 Å². The molecule has 41 heavy (non-hydrogen) atoms. The van der Waals surface area contributed by atoms with E-state index < -0.39 is 63.5 Å². The Bertz CT molecular complexity index is 1580. The largest absolute Gasteiger partial charge is 0.340 e. The number of hydrogen-bond acceptors (Lipinski definition) is 6. The topological polar surface area (TPSA) is 135 Å². The van der Waals surface area contributed by atoms with Gasteiger partial charge in [0, 0.05) is 43.9 Å². The fourth-order valence-corrected chi connectivity index (χ4v) is 7.19. The van der Waals surface area contributed by atoms with Gasteiger partial charge in [-0.2, -0.15) is 0 Å². The molecular formula is C26H26ClF3N4O6S. The Morgan fingerprint density at radius 2 is 1.71 bits per heavy atom. The second-order valence-corrected chi connectivity index (χ2v) is 13.4. The zero-order valence-corrected chi connectivity index (χ0v) is 23.4. The van der Waals surface area contributed by atoms with Gasteiger partial charge in [-0.3, -0.25) is 19.2 Å². The van der Waals surface area contributed by atoms with Crippen molar-refractivity contribution in [1.82, 2.24) is 14.8 Å². The van der Waals surface area contributed by atoms with Crippen LogP contribution >= 0.6 is 11.6 Å². The molecule has 1 saturated heterocycles. The molecule has 0 radical (unpaired) electrons. The molecule has 2 aromatic rings. The molecule has 2 aliphatic heterocycles. The molecule has 3 aliphatic rings. The first-order chi connectivity index (χ1) is 19.1. The van der Waals surface area contributed by atoms with Gasteiger partial charge >= 0.3 is 0 Å². The van der Waals surface area contributed by atoms with Gasteiger partial charge in [0.2, 0.25) is 5.91 Å². The van der Waals surface area contributed by atoms with E-state index in [1.165, 1.54) is 19.1 Å². The van der Waals surface area contributed by atoms with Gasteiger partial charge in [-0.05, 0) is 43.5 Å². The van der Waals surface area contributed by atoms with Gasteiger partial charge < -0.3 is 20.1 Å². The van der Waals surface area contributed by atoms with Crippen LogP contribution in [0.3, 0.4) is 0 Å². The number of amides is 3. The molecule has 0 unspecified atom stereocenters. The molecule has 3 heterocycles. The van der Waals surface area contributed by atoms with Gasteiger partial charge in [0.15, 0.2) is 9.84 Å². The highest BCUT2D eigenvalue weighted by Gasteiger charge is 2.63. The van der Waals surface area contributed by atoms with Crippen molar-refractivity contribution >= 4 is 50.6 Å². The minimum absolute atomic E-state index is 0.0555. The monoisotopic (exact) mass is 614 g/mol. The first-order valence-electron chi connectivity index (χ1n) is 12.9. The number of aromatic nitrogens is 1. The molecule has 220 valence electrons. The summed E-state index contributed by atoms with van der Waals surface area (Å²) >= 11 is 5.80. The van der Waals surface area contributed by atoms with Gasteiger partial charge in [-0.1, -0.05) is 11.6 Å². The molecular weight excluding hydrogens is 589 g/mol. The molecule has 2 fully saturated rings. The van der Waals surface area contributed by atoms with Gasteiger partial charge in [-0.15, -0.1) is 0 Å². The van der Waals surface area contributed by atoms with Gasteiger partial charge in [0.25, 0.3) is 23.5 Å². The van der Waals surface area contributed by atoms with Crippen molar-refractivity contribution in [3.63, 3.8) is 0 Å². The summed E-state index contributed by atoms with van der Waals surface area (Å²) in [5.41, 5.74) is -1.20. The van der Waals surface area contributed by atoms with Crippen LogP contribution in [0.15, 0.2) is 18.2 Å². The van der Waals surface area contributed by atoms with Crippen molar-refractivity contribution in [3.05, 3.63) is 51.6 Å². The minimum atomic E-state index is -3.36. The van der Waals surface area contributed by atoms with E-state index in [1.807, 2.05) is 0 Å². The van der Waals surface area contributed by atoms with Crippen molar-refractivity contribution in [3.8, 4) is 0 Å². The number of ketones is 1. The first-order valence-corrected chi connectivity index (χ1v) is 15.1. The number of halogens is 4. The molecule has 10 nitrogen and oxygen atoms in total. The van der Waals surface area contributed by atoms with Crippen molar-refractivity contribution in [2.45, 2.75) is 50.6 Å². The summed E-state index contributed by atoms with van der Waals surface area (Å²) in [5.74, 6) is -8.44. The number of nitrogens with one attached hydrogen (secondary N) is 2. The summed E-state index contributed by atoms with van der Waals surface area (Å²) in [6.07, 6.45) is -1.11. The van der Waals surface area contributed by atoms with Crippen LogP contribution in [0.2, 0.25) is 5.02 Å². The molecule has 0 spiro atoms. The minimum Gasteiger partial charge on any atom is -0.340 e. The summed E-state index contributed by atoms with van der Waals surface area (Å²) in [6.45, 7) is 1.44. The Hall–Kier alpha value is -3.39. The number of fused-ring (bicyclic) bond motifs is 1. The third-order valence-electron chi connectivity index (χ3n) is 7.75. The fourth-order valence-electron chi connectivity index (χ4n) is 5.81. The Balaban J connectivity index is 1.39. The van der Waals surface area contributed by atoms with E-state index in [4.69, 9.17) is 11.6 Å². The van der Waals surface area contributed by atoms with E-state index >= 15 is 0 Å². The highest BCUT2D eigenvalue weighted by molar-refractivity contribution is 7.91. The molecule has 1 aromatic carbocycles. The third kappa shape index (κ3) is 5.34. The number of rotatable bonds is 6. The second-order valence-electron chi connectivity index (χ2n) is 10.7. The van der Waals surface area contributed by atoms with E-state index in [-0.39, 0.29) is 52.1 Å². The third-order valence-corrected chi connectivity index (χ3v) is 9.65. The molecule has 0 atom stereocenters. The molecule has 0 bridgehead atoms. The first kappa shape index (κ1) is 29.1. The van der Waals surface area contributed by atoms with Crippen LogP contribution in [-0.4, -0.2) is 77.4 Å². The number of alkyl halides is 2. The quantitative estimate of drug-likeness (QED) is 0.379. The van der Waals surface area contributed by atoms with Crippen molar-refractivity contribution in [2.75, 3.05) is 29.9 Å². The van der Waals surface area contributed by atoms with Gasteiger partial charge in [0.05, 0.1) is 22.1 Å². The summed E-state index contributed by atoms with van der Waals surface area (Å²) in [4.78, 5) is 54.2. The predicted molar refractivity (Wildman–Crippen MR) is 141 cm³/mol. The average molecular weight is 615 g/mol. The number of benzene rings is 1. The lowest BCUT2D eigenvalue weighted by molar-refractivity contribution is -0.173. The van der Waals surface area contributed by atoms with Crippen LogP contribution in [-0.2, 0) is 32.4 Å². The zero-order chi connectivity index (χ0) is 29.9. The summed E-state index contributed by atoms with van der Waals surface area (Å²) in [6, 6.07) is 3.61. The lowest BCUT2D eigenvalue weighted by Crippen LogP contribution is -2.71. The smallest absolute Gasteiger partial charge is 0.293 e. The highest BCUT2D eigenvalue weighted by Crippen LogP contribution is 2.47. The normalized spacial score (nSPS) is 20.1. The van der Waals surface area contributed by atoms with Gasteiger partial charge in [0.1, 0.15) is 17.1 Å². The molecule has 15 heteroatoms. The van der Waals surface area contributed by atoms with Crippen LogP contribution in [0.25, 0.3) is 0 Å². The number of carbonyl (C=O) groups excluding carboxylic acids is 4. The maximum atomic E-state index is 14.0. The lowest BCUT2D eigenvalue weighted by atomic mass is 9.72. The molecule has 5 rings (SSSR count). The Morgan fingerprint density at radius 1 is 1.05 bits per heavy atom. The number of Topliss-reactive ketones (excluding diaryl/α,β-unsaturated/α-hetero) is 1. The molecule has 2 N–H and O–H groups in total. The molecule has 1 saturated carbocycles. The standard InChI is InChI=1S/C26H26ClF3N4O6S/c1-14-19(18-3-2-6-34(18)20(14)22(36)31-15-4-5-17(28)16(27)11-15)21(35)23(37)32-25(12-26(29,30)13-25)24(38)33-7-9-41(39,40)10-8-33/h4-5,11H,2-3,6-10,12-13H2,1H3,(H,31,36)(H,32,37). The van der Waals surface area contributed by atoms with E-state index in [1.54, 1.807) is 4.57 Å². The molecule has 3 amide bonds. The van der Waals surface area contributed by atoms with Crippen LogP contribution in [0.5, 0.6) is 0 Å².